The molecule has 3 nitrogen and oxygen atoms in total. The average molecular weight is 219 g/mol. The van der Waals surface area contributed by atoms with Gasteiger partial charge in [0.2, 0.25) is 5.91 Å². The van der Waals surface area contributed by atoms with E-state index in [1.54, 1.807) is 6.07 Å². The molecule has 0 aliphatic rings. The van der Waals surface area contributed by atoms with Gasteiger partial charge in [-0.3, -0.25) is 4.79 Å². The maximum Gasteiger partial charge on any atom is 0.216 e. The zero-order valence-electron chi connectivity index (χ0n) is 9.66. The minimum Gasteiger partial charge on any atom is -0.507 e. The number of aryl methyl sites for hydroxylation is 1. The molecule has 1 amide bonds. The summed E-state index contributed by atoms with van der Waals surface area (Å²) in [7, 11) is 0. The zero-order chi connectivity index (χ0) is 12.0. The third kappa shape index (κ3) is 3.77. The van der Waals surface area contributed by atoms with Gasteiger partial charge in [-0.25, -0.2) is 0 Å². The van der Waals surface area contributed by atoms with E-state index in [0.717, 1.165) is 17.5 Å². The van der Waals surface area contributed by atoms with Crippen molar-refractivity contribution >= 4 is 12.0 Å². The molecule has 86 valence electrons. The lowest BCUT2D eigenvalue weighted by atomic mass is 10.1. The Bertz CT molecular complexity index is 377. The zero-order valence-corrected chi connectivity index (χ0v) is 9.66. The molecule has 0 aromatic heterocycles. The van der Waals surface area contributed by atoms with Crippen molar-refractivity contribution in [2.45, 2.75) is 20.3 Å². The van der Waals surface area contributed by atoms with E-state index in [4.69, 9.17) is 0 Å². The molecule has 1 rings (SSSR count). The van der Waals surface area contributed by atoms with Crippen molar-refractivity contribution in [3.63, 3.8) is 0 Å². The summed E-state index contributed by atoms with van der Waals surface area (Å²) in [5.74, 6) is 0.267. The summed E-state index contributed by atoms with van der Waals surface area (Å²) in [6, 6.07) is 5.44. The molecule has 2 N–H and O–H groups in total. The molecular formula is C13H17NO2. The highest BCUT2D eigenvalue weighted by Crippen LogP contribution is 2.21. The van der Waals surface area contributed by atoms with Crippen LogP contribution in [0.15, 0.2) is 24.3 Å². The van der Waals surface area contributed by atoms with Crippen molar-refractivity contribution in [1.29, 1.82) is 0 Å². The number of hydrogen-bond donors (Lipinski definition) is 2. The van der Waals surface area contributed by atoms with Gasteiger partial charge in [-0.1, -0.05) is 24.3 Å². The molecule has 0 fully saturated rings. The molecule has 0 radical (unpaired) electrons. The van der Waals surface area contributed by atoms with Gasteiger partial charge < -0.3 is 10.4 Å². The highest BCUT2D eigenvalue weighted by molar-refractivity contribution is 5.72. The topological polar surface area (TPSA) is 49.3 Å². The smallest absolute Gasteiger partial charge is 0.216 e. The summed E-state index contributed by atoms with van der Waals surface area (Å²) >= 11 is 0. The van der Waals surface area contributed by atoms with Crippen molar-refractivity contribution in [3.05, 3.63) is 35.4 Å². The quantitative estimate of drug-likeness (QED) is 0.763. The number of nitrogens with one attached hydrogen (secondary N) is 1. The van der Waals surface area contributed by atoms with Crippen molar-refractivity contribution in [2.24, 2.45) is 0 Å². The van der Waals surface area contributed by atoms with Crippen LogP contribution < -0.4 is 5.32 Å². The van der Waals surface area contributed by atoms with E-state index in [1.807, 2.05) is 31.2 Å². The number of phenolic OH excluding ortho intramolecular Hbond substituents is 1. The monoisotopic (exact) mass is 219 g/mol. The van der Waals surface area contributed by atoms with Crippen molar-refractivity contribution in [1.82, 2.24) is 5.32 Å². The van der Waals surface area contributed by atoms with E-state index in [1.165, 1.54) is 6.92 Å². The largest absolute Gasteiger partial charge is 0.507 e. The van der Waals surface area contributed by atoms with Crippen molar-refractivity contribution in [2.75, 3.05) is 6.54 Å². The molecule has 1 aromatic carbocycles. The first-order valence-electron chi connectivity index (χ1n) is 5.31. The second-order valence-corrected chi connectivity index (χ2v) is 3.68. The molecule has 0 saturated heterocycles. The average Bonchev–Trinajstić information content (AvgIpc) is 2.21. The third-order valence-corrected chi connectivity index (χ3v) is 2.27. The van der Waals surface area contributed by atoms with Gasteiger partial charge >= 0.3 is 0 Å². The molecule has 3 heteroatoms. The summed E-state index contributed by atoms with van der Waals surface area (Å²) in [5.41, 5.74) is 1.88. The van der Waals surface area contributed by atoms with Gasteiger partial charge in [0, 0.05) is 19.0 Å². The number of hydrogen-bond acceptors (Lipinski definition) is 2. The predicted molar refractivity (Wildman–Crippen MR) is 65.2 cm³/mol. The second kappa shape index (κ2) is 5.95. The first kappa shape index (κ1) is 12.3. The van der Waals surface area contributed by atoms with Crippen LogP contribution in [0.2, 0.25) is 0 Å². The minimum absolute atomic E-state index is 0.0212. The highest BCUT2D eigenvalue weighted by Gasteiger charge is 1.99. The molecule has 0 saturated carbocycles. The van der Waals surface area contributed by atoms with Gasteiger partial charge in [0.15, 0.2) is 0 Å². The van der Waals surface area contributed by atoms with Crippen LogP contribution in [-0.2, 0) is 4.79 Å². The van der Waals surface area contributed by atoms with Crippen LogP contribution in [0.5, 0.6) is 5.75 Å². The number of aromatic hydroxyl groups is 1. The Balaban J connectivity index is 2.53. The number of benzene rings is 1. The van der Waals surface area contributed by atoms with E-state index in [9.17, 15) is 9.90 Å². The number of amides is 1. The lowest BCUT2D eigenvalue weighted by Crippen LogP contribution is -2.20. The van der Waals surface area contributed by atoms with Crippen LogP contribution in [-0.4, -0.2) is 17.6 Å². The fraction of sp³-hybridized carbons (Fsp3) is 0.308. The summed E-state index contributed by atoms with van der Waals surface area (Å²) in [6.07, 6.45) is 4.58. The van der Waals surface area contributed by atoms with Crippen LogP contribution in [0, 0.1) is 6.92 Å². The van der Waals surface area contributed by atoms with E-state index >= 15 is 0 Å². The summed E-state index contributed by atoms with van der Waals surface area (Å²) in [4.78, 5) is 10.6. The molecule has 0 aliphatic heterocycles. The van der Waals surface area contributed by atoms with E-state index in [-0.39, 0.29) is 11.7 Å². The lowest BCUT2D eigenvalue weighted by molar-refractivity contribution is -0.118. The SMILES string of the molecule is CC(=O)NCCC=Cc1c(C)cccc1O. The molecule has 0 aliphatic carbocycles. The van der Waals surface area contributed by atoms with Gasteiger partial charge in [-0.05, 0) is 25.0 Å². The maximum absolute atomic E-state index is 10.6. The molecule has 0 unspecified atom stereocenters. The molecule has 0 atom stereocenters. The Labute approximate surface area is 95.8 Å². The first-order valence-corrected chi connectivity index (χ1v) is 5.31. The number of phenols is 1. The fourth-order valence-electron chi connectivity index (χ4n) is 1.41. The predicted octanol–water partition coefficient (Wildman–Crippen LogP) is 2.24. The van der Waals surface area contributed by atoms with Crippen LogP contribution in [0.3, 0.4) is 0 Å². The Morgan fingerprint density at radius 2 is 2.25 bits per heavy atom. The van der Waals surface area contributed by atoms with Crippen molar-refractivity contribution in [3.8, 4) is 5.75 Å². The Morgan fingerprint density at radius 3 is 2.88 bits per heavy atom. The molecular weight excluding hydrogens is 202 g/mol. The summed E-state index contributed by atoms with van der Waals surface area (Å²) < 4.78 is 0. The molecule has 16 heavy (non-hydrogen) atoms. The molecule has 1 aromatic rings. The number of carbonyl (C=O) groups excluding carboxylic acids is 1. The Hall–Kier alpha value is -1.77. The standard InChI is InChI=1S/C13H17NO2/c1-10-6-5-8-13(16)12(10)7-3-4-9-14-11(2)15/h3,5-8,16H,4,9H2,1-2H3,(H,14,15). The normalized spacial score (nSPS) is 10.6. The summed E-state index contributed by atoms with van der Waals surface area (Å²) in [5, 5.41) is 12.3. The second-order valence-electron chi connectivity index (χ2n) is 3.68. The Morgan fingerprint density at radius 1 is 1.50 bits per heavy atom. The lowest BCUT2D eigenvalue weighted by Gasteiger charge is -2.03. The number of rotatable bonds is 4. The van der Waals surface area contributed by atoms with Crippen LogP contribution >= 0.6 is 0 Å². The van der Waals surface area contributed by atoms with Gasteiger partial charge in [0.25, 0.3) is 0 Å². The summed E-state index contributed by atoms with van der Waals surface area (Å²) in [6.45, 7) is 4.07. The fourth-order valence-corrected chi connectivity index (χ4v) is 1.41. The number of carbonyl (C=O) groups is 1. The van der Waals surface area contributed by atoms with E-state index < -0.39 is 0 Å². The van der Waals surface area contributed by atoms with Crippen LogP contribution in [0.4, 0.5) is 0 Å². The minimum atomic E-state index is -0.0212. The van der Waals surface area contributed by atoms with E-state index in [0.29, 0.717) is 6.54 Å². The third-order valence-electron chi connectivity index (χ3n) is 2.27. The van der Waals surface area contributed by atoms with Crippen LogP contribution in [0.25, 0.3) is 6.08 Å². The highest BCUT2D eigenvalue weighted by atomic mass is 16.3. The van der Waals surface area contributed by atoms with Crippen LogP contribution in [0.1, 0.15) is 24.5 Å². The molecule has 0 spiro atoms. The van der Waals surface area contributed by atoms with Gasteiger partial charge in [0.05, 0.1) is 0 Å². The first-order chi connectivity index (χ1) is 7.61. The van der Waals surface area contributed by atoms with Gasteiger partial charge in [0.1, 0.15) is 5.75 Å². The van der Waals surface area contributed by atoms with Gasteiger partial charge in [-0.15, -0.1) is 0 Å². The molecule has 0 heterocycles. The molecule has 0 bridgehead atoms. The Kier molecular flexibility index (Phi) is 4.58. The van der Waals surface area contributed by atoms with Gasteiger partial charge in [-0.2, -0.15) is 0 Å². The van der Waals surface area contributed by atoms with Crippen molar-refractivity contribution < 1.29 is 9.90 Å². The van der Waals surface area contributed by atoms with E-state index in [2.05, 4.69) is 5.32 Å². The maximum atomic E-state index is 10.6.